The Morgan fingerprint density at radius 2 is 2.43 bits per heavy atom. The van der Waals surface area contributed by atoms with Crippen LogP contribution in [0.1, 0.15) is 26.1 Å². The summed E-state index contributed by atoms with van der Waals surface area (Å²) < 4.78 is 4.60. The first-order chi connectivity index (χ1) is 6.64. The normalized spacial score (nSPS) is 15.4. The number of aromatic nitrogens is 2. The Morgan fingerprint density at radius 1 is 1.64 bits per heavy atom. The van der Waals surface area contributed by atoms with Crippen molar-refractivity contribution >= 4 is 0 Å². The van der Waals surface area contributed by atoms with Gasteiger partial charge in [0.15, 0.2) is 5.82 Å². The molecule has 5 heteroatoms. The molecule has 5 nitrogen and oxygen atoms in total. The van der Waals surface area contributed by atoms with E-state index in [0.29, 0.717) is 12.4 Å². The quantitative estimate of drug-likeness (QED) is 0.647. The van der Waals surface area contributed by atoms with Gasteiger partial charge in [-0.25, -0.2) is 0 Å². The van der Waals surface area contributed by atoms with Gasteiger partial charge >= 0.3 is 0 Å². The van der Waals surface area contributed by atoms with E-state index >= 15 is 0 Å². The van der Waals surface area contributed by atoms with Gasteiger partial charge < -0.3 is 14.9 Å². The van der Waals surface area contributed by atoms with E-state index in [1.807, 2.05) is 13.8 Å². The number of rotatable bonds is 6. The number of hydrogen-bond acceptors (Lipinski definition) is 5. The molecule has 0 radical (unpaired) electrons. The number of hydrogen-bond donors (Lipinski definition) is 2. The molecular formula is C9H17N3O2. The molecule has 1 aromatic heterocycles. The van der Waals surface area contributed by atoms with Crippen LogP contribution < -0.4 is 5.32 Å². The Morgan fingerprint density at radius 3 is 3.00 bits per heavy atom. The van der Waals surface area contributed by atoms with Crippen LogP contribution in [0.4, 0.5) is 0 Å². The predicted molar refractivity (Wildman–Crippen MR) is 51.8 cm³/mol. The summed E-state index contributed by atoms with van der Waals surface area (Å²) in [6, 6.07) is 0. The molecular weight excluding hydrogens is 182 g/mol. The van der Waals surface area contributed by atoms with Crippen LogP contribution in [0.5, 0.6) is 0 Å². The van der Waals surface area contributed by atoms with Crippen LogP contribution in [0.2, 0.25) is 0 Å². The number of nitrogens with zero attached hydrogens (tertiary/aromatic N) is 2. The van der Waals surface area contributed by atoms with Crippen molar-refractivity contribution in [2.45, 2.75) is 32.3 Å². The van der Waals surface area contributed by atoms with Crippen molar-refractivity contribution in [1.29, 1.82) is 0 Å². The molecule has 14 heavy (non-hydrogen) atoms. The third-order valence-corrected chi connectivity index (χ3v) is 2.20. The summed E-state index contributed by atoms with van der Waals surface area (Å²) in [4.78, 5) is 3.89. The van der Waals surface area contributed by atoms with E-state index in [1.165, 1.54) is 6.39 Å². The van der Waals surface area contributed by atoms with E-state index in [4.69, 9.17) is 0 Å². The van der Waals surface area contributed by atoms with Gasteiger partial charge in [-0.1, -0.05) is 12.1 Å². The highest BCUT2D eigenvalue weighted by Crippen LogP contribution is 2.05. The van der Waals surface area contributed by atoms with Gasteiger partial charge in [0.25, 0.3) is 0 Å². The van der Waals surface area contributed by atoms with Crippen molar-refractivity contribution in [3.63, 3.8) is 0 Å². The summed E-state index contributed by atoms with van der Waals surface area (Å²) in [6.45, 7) is 5.10. The van der Waals surface area contributed by atoms with Gasteiger partial charge in [0.05, 0.1) is 5.60 Å². The molecule has 0 aliphatic heterocycles. The second kappa shape index (κ2) is 5.07. The summed E-state index contributed by atoms with van der Waals surface area (Å²) in [6.07, 6.45) is 2.77. The van der Waals surface area contributed by atoms with Crippen LogP contribution in [0, 0.1) is 0 Å². The first-order valence-corrected chi connectivity index (χ1v) is 4.82. The van der Waals surface area contributed by atoms with E-state index in [9.17, 15) is 5.11 Å². The second-order valence-corrected chi connectivity index (χ2v) is 3.62. The van der Waals surface area contributed by atoms with Crippen molar-refractivity contribution in [2.24, 2.45) is 0 Å². The maximum Gasteiger partial charge on any atom is 0.213 e. The Hall–Kier alpha value is -0.940. The van der Waals surface area contributed by atoms with Crippen LogP contribution >= 0.6 is 0 Å². The van der Waals surface area contributed by atoms with Crippen LogP contribution in [0.15, 0.2) is 10.9 Å². The zero-order chi connectivity index (χ0) is 10.4. The smallest absolute Gasteiger partial charge is 0.213 e. The summed E-state index contributed by atoms with van der Waals surface area (Å²) in [5.74, 6) is 0.689. The largest absolute Gasteiger partial charge is 0.389 e. The van der Waals surface area contributed by atoms with Gasteiger partial charge in [0.1, 0.15) is 0 Å². The lowest BCUT2D eigenvalue weighted by Crippen LogP contribution is -2.37. The Labute approximate surface area is 83.5 Å². The molecule has 80 valence electrons. The highest BCUT2D eigenvalue weighted by Gasteiger charge is 2.16. The fourth-order valence-electron chi connectivity index (χ4n) is 0.985. The topological polar surface area (TPSA) is 71.2 Å². The lowest BCUT2D eigenvalue weighted by Gasteiger charge is -2.21. The summed E-state index contributed by atoms with van der Waals surface area (Å²) in [7, 11) is 0. The van der Waals surface area contributed by atoms with E-state index in [1.54, 1.807) is 0 Å². The molecule has 0 spiro atoms. The standard InChI is InChI=1S/C9H17N3O2/c1-3-9(2,13)6-10-5-4-8-11-7-14-12-8/h7,10,13H,3-6H2,1-2H3. The average molecular weight is 199 g/mol. The molecule has 0 fully saturated rings. The van der Waals surface area contributed by atoms with Gasteiger partial charge in [-0.3, -0.25) is 0 Å². The molecule has 1 rings (SSSR count). The van der Waals surface area contributed by atoms with Crippen molar-refractivity contribution in [3.05, 3.63) is 12.2 Å². The van der Waals surface area contributed by atoms with E-state index in [0.717, 1.165) is 19.4 Å². The van der Waals surface area contributed by atoms with Crippen molar-refractivity contribution in [1.82, 2.24) is 15.5 Å². The minimum absolute atomic E-state index is 0.585. The fourth-order valence-corrected chi connectivity index (χ4v) is 0.985. The maximum absolute atomic E-state index is 9.67. The highest BCUT2D eigenvalue weighted by atomic mass is 16.5. The molecule has 2 N–H and O–H groups in total. The summed E-state index contributed by atoms with van der Waals surface area (Å²) in [5, 5.41) is 16.5. The minimum atomic E-state index is -0.628. The zero-order valence-corrected chi connectivity index (χ0v) is 8.66. The first kappa shape index (κ1) is 11.1. The van der Waals surface area contributed by atoms with Crippen molar-refractivity contribution < 1.29 is 9.63 Å². The second-order valence-electron chi connectivity index (χ2n) is 3.62. The van der Waals surface area contributed by atoms with E-state index < -0.39 is 5.60 Å². The van der Waals surface area contributed by atoms with E-state index in [2.05, 4.69) is 20.0 Å². The van der Waals surface area contributed by atoms with Crippen LogP contribution in [0.3, 0.4) is 0 Å². The van der Waals surface area contributed by atoms with Gasteiger partial charge in [0, 0.05) is 19.5 Å². The summed E-state index contributed by atoms with van der Waals surface area (Å²) >= 11 is 0. The molecule has 0 aliphatic rings. The number of aliphatic hydroxyl groups is 1. The molecule has 0 amide bonds. The number of nitrogens with one attached hydrogen (secondary N) is 1. The Kier molecular flexibility index (Phi) is 4.03. The third kappa shape index (κ3) is 3.85. The van der Waals surface area contributed by atoms with Gasteiger partial charge in [-0.2, -0.15) is 4.98 Å². The fraction of sp³-hybridized carbons (Fsp3) is 0.778. The minimum Gasteiger partial charge on any atom is -0.389 e. The third-order valence-electron chi connectivity index (χ3n) is 2.20. The Bertz CT molecular complexity index is 247. The predicted octanol–water partition coefficient (Wildman–Crippen LogP) is 0.363. The molecule has 1 aromatic rings. The van der Waals surface area contributed by atoms with Crippen molar-refractivity contribution in [3.8, 4) is 0 Å². The van der Waals surface area contributed by atoms with Crippen LogP contribution in [-0.2, 0) is 6.42 Å². The molecule has 1 unspecified atom stereocenters. The molecule has 1 atom stereocenters. The molecule has 0 saturated carbocycles. The molecule has 0 aromatic carbocycles. The Balaban J connectivity index is 2.11. The van der Waals surface area contributed by atoms with E-state index in [-0.39, 0.29) is 0 Å². The first-order valence-electron chi connectivity index (χ1n) is 4.82. The van der Waals surface area contributed by atoms with Crippen molar-refractivity contribution in [2.75, 3.05) is 13.1 Å². The van der Waals surface area contributed by atoms with Crippen LogP contribution in [0.25, 0.3) is 0 Å². The molecule has 0 bridgehead atoms. The summed E-state index contributed by atoms with van der Waals surface area (Å²) in [5.41, 5.74) is -0.628. The lowest BCUT2D eigenvalue weighted by atomic mass is 10.0. The average Bonchev–Trinajstić information content (AvgIpc) is 2.65. The highest BCUT2D eigenvalue weighted by molar-refractivity contribution is 4.80. The lowest BCUT2D eigenvalue weighted by molar-refractivity contribution is 0.0561. The molecule has 1 heterocycles. The SMILES string of the molecule is CCC(C)(O)CNCCc1ncon1. The van der Waals surface area contributed by atoms with Gasteiger partial charge in [-0.15, -0.1) is 0 Å². The molecule has 0 aliphatic carbocycles. The zero-order valence-electron chi connectivity index (χ0n) is 8.66. The molecule has 0 saturated heterocycles. The monoisotopic (exact) mass is 199 g/mol. The maximum atomic E-state index is 9.67. The van der Waals surface area contributed by atoms with Gasteiger partial charge in [0.2, 0.25) is 6.39 Å². The van der Waals surface area contributed by atoms with Gasteiger partial charge in [-0.05, 0) is 13.3 Å². The van der Waals surface area contributed by atoms with Crippen LogP contribution in [-0.4, -0.2) is 33.9 Å².